The molecule has 0 radical (unpaired) electrons. The van der Waals surface area contributed by atoms with Gasteiger partial charge in [-0.05, 0) is 48.9 Å². The van der Waals surface area contributed by atoms with E-state index in [0.717, 1.165) is 28.1 Å². The zero-order valence-corrected chi connectivity index (χ0v) is 12.3. The van der Waals surface area contributed by atoms with Crippen molar-refractivity contribution in [3.8, 4) is 16.9 Å². The van der Waals surface area contributed by atoms with Crippen molar-refractivity contribution >= 4 is 11.4 Å². The number of phenols is 1. The second-order valence-electron chi connectivity index (χ2n) is 5.10. The average molecular weight is 288 g/mol. The average Bonchev–Trinajstić information content (AvgIpc) is 2.57. The van der Waals surface area contributed by atoms with E-state index in [1.165, 1.54) is 0 Å². The number of azo groups is 1. The summed E-state index contributed by atoms with van der Waals surface area (Å²) in [5, 5.41) is 18.4. The molecule has 0 bridgehead atoms. The molecule has 0 spiro atoms. The maximum Gasteiger partial charge on any atom is 0.123 e. The normalized spacial score (nSPS) is 11.0. The molecular formula is C19H16N2O. The van der Waals surface area contributed by atoms with Gasteiger partial charge in [0, 0.05) is 5.56 Å². The van der Waals surface area contributed by atoms with Crippen molar-refractivity contribution in [2.24, 2.45) is 10.2 Å². The molecule has 22 heavy (non-hydrogen) atoms. The molecule has 0 aliphatic rings. The first-order valence-electron chi connectivity index (χ1n) is 7.09. The number of hydrogen-bond donors (Lipinski definition) is 1. The summed E-state index contributed by atoms with van der Waals surface area (Å²) in [6, 6.07) is 22.9. The largest absolute Gasteiger partial charge is 0.507 e. The van der Waals surface area contributed by atoms with E-state index >= 15 is 0 Å². The Bertz CT molecular complexity index is 793. The first kappa shape index (κ1) is 14.0. The Morgan fingerprint density at radius 3 is 2.05 bits per heavy atom. The number of hydrogen-bond acceptors (Lipinski definition) is 3. The highest BCUT2D eigenvalue weighted by Crippen LogP contribution is 2.31. The van der Waals surface area contributed by atoms with Crippen LogP contribution in [-0.4, -0.2) is 5.11 Å². The van der Waals surface area contributed by atoms with Gasteiger partial charge in [0.05, 0.1) is 11.4 Å². The summed E-state index contributed by atoms with van der Waals surface area (Å²) >= 11 is 0. The molecule has 108 valence electrons. The SMILES string of the molecule is Cc1ccc(O)c(-c2ccc(/N=N/c3ccccc3)cc2)c1. The fourth-order valence-corrected chi connectivity index (χ4v) is 2.20. The van der Waals surface area contributed by atoms with Crippen molar-refractivity contribution in [3.63, 3.8) is 0 Å². The summed E-state index contributed by atoms with van der Waals surface area (Å²) < 4.78 is 0. The van der Waals surface area contributed by atoms with Gasteiger partial charge in [0.1, 0.15) is 5.75 Å². The van der Waals surface area contributed by atoms with E-state index in [-0.39, 0.29) is 5.75 Å². The Hall–Kier alpha value is -2.94. The maximum atomic E-state index is 9.97. The van der Waals surface area contributed by atoms with Gasteiger partial charge in [-0.1, -0.05) is 42.0 Å². The Morgan fingerprint density at radius 2 is 1.36 bits per heavy atom. The quantitative estimate of drug-likeness (QED) is 0.610. The van der Waals surface area contributed by atoms with Crippen LogP contribution >= 0.6 is 0 Å². The molecule has 0 unspecified atom stereocenters. The second-order valence-corrected chi connectivity index (χ2v) is 5.10. The van der Waals surface area contributed by atoms with E-state index in [4.69, 9.17) is 0 Å². The van der Waals surface area contributed by atoms with Crippen molar-refractivity contribution < 1.29 is 5.11 Å². The van der Waals surface area contributed by atoms with Crippen LogP contribution in [0.1, 0.15) is 5.56 Å². The lowest BCUT2D eigenvalue weighted by Crippen LogP contribution is -1.80. The molecular weight excluding hydrogens is 272 g/mol. The third-order valence-corrected chi connectivity index (χ3v) is 3.37. The number of rotatable bonds is 3. The molecule has 3 nitrogen and oxygen atoms in total. The highest BCUT2D eigenvalue weighted by Gasteiger charge is 2.04. The maximum absolute atomic E-state index is 9.97. The van der Waals surface area contributed by atoms with Gasteiger partial charge < -0.3 is 5.11 Å². The number of phenolic OH excluding ortho intramolecular Hbond substituents is 1. The molecule has 3 heteroatoms. The molecule has 3 rings (SSSR count). The van der Waals surface area contributed by atoms with E-state index in [1.807, 2.05) is 73.7 Å². The van der Waals surface area contributed by atoms with Crippen molar-refractivity contribution in [2.45, 2.75) is 6.92 Å². The Morgan fingerprint density at radius 1 is 0.727 bits per heavy atom. The molecule has 0 fully saturated rings. The van der Waals surface area contributed by atoms with Crippen LogP contribution < -0.4 is 0 Å². The van der Waals surface area contributed by atoms with Gasteiger partial charge in [0.25, 0.3) is 0 Å². The minimum atomic E-state index is 0.282. The van der Waals surface area contributed by atoms with Gasteiger partial charge in [0.2, 0.25) is 0 Å². The van der Waals surface area contributed by atoms with Crippen molar-refractivity contribution in [1.82, 2.24) is 0 Å². The Labute approximate surface area is 129 Å². The number of aromatic hydroxyl groups is 1. The molecule has 0 heterocycles. The zero-order valence-electron chi connectivity index (χ0n) is 12.3. The number of benzene rings is 3. The fraction of sp³-hybridized carbons (Fsp3) is 0.0526. The monoisotopic (exact) mass is 288 g/mol. The minimum absolute atomic E-state index is 0.282. The third-order valence-electron chi connectivity index (χ3n) is 3.37. The van der Waals surface area contributed by atoms with Crippen LogP contribution in [0.5, 0.6) is 5.75 Å². The molecule has 0 amide bonds. The Kier molecular flexibility index (Phi) is 3.97. The van der Waals surface area contributed by atoms with Crippen LogP contribution in [0.15, 0.2) is 83.0 Å². The van der Waals surface area contributed by atoms with Gasteiger partial charge >= 0.3 is 0 Å². The first-order chi connectivity index (χ1) is 10.7. The van der Waals surface area contributed by atoms with Crippen LogP contribution in [0.2, 0.25) is 0 Å². The van der Waals surface area contributed by atoms with Crippen LogP contribution in [0.25, 0.3) is 11.1 Å². The number of nitrogens with zero attached hydrogens (tertiary/aromatic N) is 2. The predicted octanol–water partition coefficient (Wildman–Crippen LogP) is 5.78. The second kappa shape index (κ2) is 6.22. The summed E-state index contributed by atoms with van der Waals surface area (Å²) in [5.74, 6) is 0.282. The van der Waals surface area contributed by atoms with Crippen LogP contribution in [0.4, 0.5) is 11.4 Å². The van der Waals surface area contributed by atoms with Crippen LogP contribution in [0.3, 0.4) is 0 Å². The van der Waals surface area contributed by atoms with Gasteiger partial charge in [0.15, 0.2) is 0 Å². The van der Waals surface area contributed by atoms with Crippen LogP contribution in [-0.2, 0) is 0 Å². The molecule has 0 atom stereocenters. The lowest BCUT2D eigenvalue weighted by Gasteiger charge is -2.06. The molecule has 0 saturated carbocycles. The van der Waals surface area contributed by atoms with Gasteiger partial charge in [-0.2, -0.15) is 10.2 Å². The van der Waals surface area contributed by atoms with E-state index in [2.05, 4.69) is 10.2 Å². The van der Waals surface area contributed by atoms with Gasteiger partial charge in [-0.25, -0.2) is 0 Å². The smallest absolute Gasteiger partial charge is 0.123 e. The summed E-state index contributed by atoms with van der Waals surface area (Å²) in [7, 11) is 0. The van der Waals surface area contributed by atoms with E-state index in [1.54, 1.807) is 6.07 Å². The molecule has 0 saturated heterocycles. The summed E-state index contributed by atoms with van der Waals surface area (Å²) in [6.07, 6.45) is 0. The molecule has 3 aromatic carbocycles. The molecule has 1 N–H and O–H groups in total. The summed E-state index contributed by atoms with van der Waals surface area (Å²) in [6.45, 7) is 2.01. The minimum Gasteiger partial charge on any atom is -0.507 e. The van der Waals surface area contributed by atoms with Crippen molar-refractivity contribution in [1.29, 1.82) is 0 Å². The zero-order chi connectivity index (χ0) is 15.4. The lowest BCUT2D eigenvalue weighted by molar-refractivity contribution is 0.477. The molecule has 0 aromatic heterocycles. The number of aryl methyl sites for hydroxylation is 1. The van der Waals surface area contributed by atoms with E-state index in [9.17, 15) is 5.11 Å². The topological polar surface area (TPSA) is 45.0 Å². The van der Waals surface area contributed by atoms with Crippen molar-refractivity contribution in [3.05, 3.63) is 78.4 Å². The Balaban J connectivity index is 1.84. The third kappa shape index (κ3) is 3.20. The van der Waals surface area contributed by atoms with Crippen LogP contribution in [0, 0.1) is 6.92 Å². The van der Waals surface area contributed by atoms with E-state index in [0.29, 0.717) is 0 Å². The molecule has 3 aromatic rings. The highest BCUT2D eigenvalue weighted by molar-refractivity contribution is 5.71. The summed E-state index contributed by atoms with van der Waals surface area (Å²) in [5.41, 5.74) is 4.50. The molecule has 0 aliphatic carbocycles. The van der Waals surface area contributed by atoms with Gasteiger partial charge in [-0.3, -0.25) is 0 Å². The first-order valence-corrected chi connectivity index (χ1v) is 7.09. The van der Waals surface area contributed by atoms with Crippen molar-refractivity contribution in [2.75, 3.05) is 0 Å². The standard InChI is InChI=1S/C19H16N2O/c1-14-7-12-19(22)18(13-14)15-8-10-17(11-9-15)21-20-16-5-3-2-4-6-16/h2-13,22H,1H3/b21-20+. The highest BCUT2D eigenvalue weighted by atomic mass is 16.3. The summed E-state index contributed by atoms with van der Waals surface area (Å²) in [4.78, 5) is 0. The van der Waals surface area contributed by atoms with Gasteiger partial charge in [-0.15, -0.1) is 0 Å². The van der Waals surface area contributed by atoms with E-state index < -0.39 is 0 Å². The predicted molar refractivity (Wildman–Crippen MR) is 88.9 cm³/mol. The lowest BCUT2D eigenvalue weighted by atomic mass is 10.0. The molecule has 0 aliphatic heterocycles. The fourth-order valence-electron chi connectivity index (χ4n) is 2.20.